The van der Waals surface area contributed by atoms with Crippen LogP contribution in [0.5, 0.6) is 0 Å². The Morgan fingerprint density at radius 1 is 1.16 bits per heavy atom. The molecule has 0 radical (unpaired) electrons. The van der Waals surface area contributed by atoms with Crippen molar-refractivity contribution in [2.75, 3.05) is 0 Å². The van der Waals surface area contributed by atoms with Crippen molar-refractivity contribution in [1.29, 1.82) is 0 Å². The molecule has 0 unspecified atom stereocenters. The Hall–Kier alpha value is -2.57. The molecule has 4 nitrogen and oxygen atoms in total. The normalized spacial score (nSPS) is 12.6. The smallest absolute Gasteiger partial charge is 0.266 e. The van der Waals surface area contributed by atoms with Crippen molar-refractivity contribution in [2.45, 2.75) is 13.3 Å². The largest absolute Gasteiger partial charge is 0.291 e. The highest BCUT2D eigenvalue weighted by atomic mass is 32.1. The van der Waals surface area contributed by atoms with E-state index in [1.807, 2.05) is 47.9 Å². The molecule has 3 heterocycles. The number of hydrogen-bond acceptors (Lipinski definition) is 5. The maximum Gasteiger partial charge on any atom is 0.291 e. The van der Waals surface area contributed by atoms with Gasteiger partial charge in [-0.25, -0.2) is 0 Å². The zero-order valence-corrected chi connectivity index (χ0v) is 15.2. The van der Waals surface area contributed by atoms with Gasteiger partial charge in [-0.3, -0.25) is 4.79 Å². The SMILES string of the molecule is CCc1ccc(C=c2sc3nc(C=Cc4cccs4)nn3c2=O)cc1. The van der Waals surface area contributed by atoms with Crippen molar-refractivity contribution in [3.63, 3.8) is 0 Å². The molecule has 0 saturated carbocycles. The van der Waals surface area contributed by atoms with Gasteiger partial charge in [0.15, 0.2) is 5.82 Å². The predicted molar refractivity (Wildman–Crippen MR) is 105 cm³/mol. The van der Waals surface area contributed by atoms with E-state index in [1.165, 1.54) is 21.4 Å². The number of nitrogens with zero attached hydrogens (tertiary/aromatic N) is 3. The van der Waals surface area contributed by atoms with Gasteiger partial charge in [-0.15, -0.1) is 16.4 Å². The molecule has 0 aliphatic rings. The van der Waals surface area contributed by atoms with Gasteiger partial charge >= 0.3 is 0 Å². The number of thiazole rings is 1. The molecule has 3 aromatic heterocycles. The minimum atomic E-state index is -0.122. The lowest BCUT2D eigenvalue weighted by atomic mass is 10.1. The molecule has 0 spiro atoms. The fourth-order valence-corrected chi connectivity index (χ4v) is 4.00. The summed E-state index contributed by atoms with van der Waals surface area (Å²) in [7, 11) is 0. The molecule has 25 heavy (non-hydrogen) atoms. The summed E-state index contributed by atoms with van der Waals surface area (Å²) in [5, 5.41) is 6.32. The second kappa shape index (κ2) is 6.74. The van der Waals surface area contributed by atoms with Crippen molar-refractivity contribution in [1.82, 2.24) is 14.6 Å². The summed E-state index contributed by atoms with van der Waals surface area (Å²) in [5.41, 5.74) is 2.17. The fourth-order valence-electron chi connectivity index (χ4n) is 2.46. The van der Waals surface area contributed by atoms with Gasteiger partial charge in [0.1, 0.15) is 0 Å². The molecule has 0 N–H and O–H groups in total. The van der Waals surface area contributed by atoms with Crippen LogP contribution in [0.15, 0.2) is 46.6 Å². The maximum atomic E-state index is 12.5. The summed E-state index contributed by atoms with van der Waals surface area (Å²) < 4.78 is 2.03. The summed E-state index contributed by atoms with van der Waals surface area (Å²) in [4.78, 5) is 18.7. The van der Waals surface area contributed by atoms with E-state index in [0.29, 0.717) is 15.3 Å². The van der Waals surface area contributed by atoms with Gasteiger partial charge in [0.05, 0.1) is 4.53 Å². The standard InChI is InChI=1S/C19H15N3OS2/c1-2-13-5-7-14(8-6-13)12-16-18(23)22-19(25-16)20-17(21-22)10-9-15-4-3-11-24-15/h3-12H,2H2,1H3. The number of benzene rings is 1. The quantitative estimate of drug-likeness (QED) is 0.556. The van der Waals surface area contributed by atoms with Crippen molar-refractivity contribution in [2.24, 2.45) is 0 Å². The van der Waals surface area contributed by atoms with Crippen LogP contribution in [0, 0.1) is 0 Å². The summed E-state index contributed by atoms with van der Waals surface area (Å²) in [6.07, 6.45) is 6.68. The zero-order valence-electron chi connectivity index (χ0n) is 13.5. The molecule has 0 aliphatic carbocycles. The number of fused-ring (bicyclic) bond motifs is 1. The van der Waals surface area contributed by atoms with Crippen LogP contribution >= 0.6 is 22.7 Å². The van der Waals surface area contributed by atoms with Gasteiger partial charge in [0.25, 0.3) is 5.56 Å². The summed E-state index contributed by atoms with van der Waals surface area (Å²) in [6, 6.07) is 12.2. The lowest BCUT2D eigenvalue weighted by Gasteiger charge is -1.96. The van der Waals surface area contributed by atoms with Crippen molar-refractivity contribution in [3.8, 4) is 0 Å². The molecule has 0 fully saturated rings. The van der Waals surface area contributed by atoms with Crippen LogP contribution < -0.4 is 10.1 Å². The highest BCUT2D eigenvalue weighted by molar-refractivity contribution is 7.15. The first kappa shape index (κ1) is 15.9. The number of thiophene rings is 1. The Morgan fingerprint density at radius 3 is 2.68 bits per heavy atom. The first-order chi connectivity index (χ1) is 12.2. The van der Waals surface area contributed by atoms with E-state index in [1.54, 1.807) is 11.3 Å². The maximum absolute atomic E-state index is 12.5. The molecule has 0 atom stereocenters. The Bertz CT molecular complexity index is 1140. The van der Waals surface area contributed by atoms with Crippen LogP contribution in [-0.4, -0.2) is 14.6 Å². The van der Waals surface area contributed by atoms with Gasteiger partial charge in [0.2, 0.25) is 4.96 Å². The van der Waals surface area contributed by atoms with E-state index in [2.05, 4.69) is 29.1 Å². The number of rotatable bonds is 4. The Kier molecular flexibility index (Phi) is 4.29. The molecule has 0 bridgehead atoms. The first-order valence-electron chi connectivity index (χ1n) is 7.95. The minimum absolute atomic E-state index is 0.122. The molecular weight excluding hydrogens is 350 g/mol. The van der Waals surface area contributed by atoms with E-state index in [4.69, 9.17) is 0 Å². The highest BCUT2D eigenvalue weighted by Gasteiger charge is 2.08. The molecule has 6 heteroatoms. The first-order valence-corrected chi connectivity index (χ1v) is 9.64. The van der Waals surface area contributed by atoms with E-state index >= 15 is 0 Å². The molecule has 4 aromatic rings. The molecule has 0 aliphatic heterocycles. The Labute approximate surface area is 152 Å². The fraction of sp³-hybridized carbons (Fsp3) is 0.105. The number of aromatic nitrogens is 3. The Morgan fingerprint density at radius 2 is 2.00 bits per heavy atom. The zero-order chi connectivity index (χ0) is 17.2. The van der Waals surface area contributed by atoms with Gasteiger partial charge in [-0.1, -0.05) is 48.6 Å². The highest BCUT2D eigenvalue weighted by Crippen LogP contribution is 2.12. The third-order valence-electron chi connectivity index (χ3n) is 3.82. The number of hydrogen-bond donors (Lipinski definition) is 0. The summed E-state index contributed by atoms with van der Waals surface area (Å²) >= 11 is 3.01. The predicted octanol–water partition coefficient (Wildman–Crippen LogP) is 3.49. The van der Waals surface area contributed by atoms with Gasteiger partial charge in [-0.05, 0) is 47.2 Å². The second-order valence-electron chi connectivity index (χ2n) is 5.52. The van der Waals surface area contributed by atoms with Crippen molar-refractivity contribution in [3.05, 3.63) is 78.5 Å². The average molecular weight is 365 g/mol. The summed E-state index contributed by atoms with van der Waals surface area (Å²) in [5.74, 6) is 0.551. The third kappa shape index (κ3) is 3.31. The van der Waals surface area contributed by atoms with E-state index in [-0.39, 0.29) is 5.56 Å². The molecule has 0 saturated heterocycles. The van der Waals surface area contributed by atoms with Crippen LogP contribution in [0.3, 0.4) is 0 Å². The summed E-state index contributed by atoms with van der Waals surface area (Å²) in [6.45, 7) is 2.12. The number of aryl methyl sites for hydroxylation is 1. The van der Waals surface area contributed by atoms with Crippen LogP contribution in [0.25, 0.3) is 23.2 Å². The molecule has 0 amide bonds. The van der Waals surface area contributed by atoms with Crippen molar-refractivity contribution >= 4 is 45.9 Å². The molecular formula is C19H15N3OS2. The van der Waals surface area contributed by atoms with Crippen LogP contribution in [-0.2, 0) is 6.42 Å². The average Bonchev–Trinajstić information content (AvgIpc) is 3.34. The van der Waals surface area contributed by atoms with E-state index in [0.717, 1.165) is 16.9 Å². The topological polar surface area (TPSA) is 47.3 Å². The van der Waals surface area contributed by atoms with Crippen molar-refractivity contribution < 1.29 is 0 Å². The van der Waals surface area contributed by atoms with E-state index in [9.17, 15) is 4.79 Å². The van der Waals surface area contributed by atoms with E-state index < -0.39 is 0 Å². The molecule has 124 valence electrons. The third-order valence-corrected chi connectivity index (χ3v) is 5.62. The second-order valence-corrected chi connectivity index (χ2v) is 7.51. The minimum Gasteiger partial charge on any atom is -0.266 e. The lowest BCUT2D eigenvalue weighted by Crippen LogP contribution is -2.23. The Balaban J connectivity index is 1.67. The van der Waals surface area contributed by atoms with Gasteiger partial charge in [-0.2, -0.15) is 9.50 Å². The van der Waals surface area contributed by atoms with Crippen LogP contribution in [0.4, 0.5) is 0 Å². The lowest BCUT2D eigenvalue weighted by molar-refractivity contribution is 0.925. The monoisotopic (exact) mass is 365 g/mol. The van der Waals surface area contributed by atoms with Gasteiger partial charge in [0, 0.05) is 4.88 Å². The van der Waals surface area contributed by atoms with Crippen LogP contribution in [0.2, 0.25) is 0 Å². The molecule has 1 aromatic carbocycles. The van der Waals surface area contributed by atoms with Crippen LogP contribution in [0.1, 0.15) is 28.8 Å². The van der Waals surface area contributed by atoms with Gasteiger partial charge < -0.3 is 0 Å². The molecule has 4 rings (SSSR count).